The number of esters is 1. The van der Waals surface area contributed by atoms with Crippen molar-refractivity contribution in [3.8, 4) is 0 Å². The van der Waals surface area contributed by atoms with Crippen molar-refractivity contribution in [2.75, 3.05) is 11.8 Å². The molecule has 0 radical (unpaired) electrons. The Bertz CT molecular complexity index is 1200. The van der Waals surface area contributed by atoms with Gasteiger partial charge in [0, 0.05) is 12.1 Å². The van der Waals surface area contributed by atoms with E-state index < -0.39 is 45.6 Å². The number of nitrogens with one attached hydrogen (secondary N) is 1. The number of hydrogen-bond donors (Lipinski definition) is 1. The van der Waals surface area contributed by atoms with Crippen LogP contribution in [0.4, 0.5) is 14.5 Å². The van der Waals surface area contributed by atoms with Crippen LogP contribution in [0.2, 0.25) is 0 Å². The standard InChI is InChI=1S/C16H12F2N2O6S/c1-25-15(21)8-20-13-5-3-10(7-14(13)26-16(20)22)27(23,24)19-12-6-9(17)2-4-11(12)18/h2-7,19H,8H2,1H3. The molecular formula is C16H12F2N2O6S. The highest BCUT2D eigenvalue weighted by Gasteiger charge is 2.20. The van der Waals surface area contributed by atoms with Crippen LogP contribution >= 0.6 is 0 Å². The van der Waals surface area contributed by atoms with Crippen LogP contribution in [0.15, 0.2) is 50.5 Å². The lowest BCUT2D eigenvalue weighted by Gasteiger charge is -2.09. The third-order valence-corrected chi connectivity index (χ3v) is 5.00. The topological polar surface area (TPSA) is 108 Å². The average Bonchev–Trinajstić information content (AvgIpc) is 2.92. The van der Waals surface area contributed by atoms with Crippen molar-refractivity contribution in [1.29, 1.82) is 0 Å². The van der Waals surface area contributed by atoms with E-state index in [1.807, 2.05) is 4.72 Å². The minimum atomic E-state index is -4.29. The van der Waals surface area contributed by atoms with Crippen LogP contribution < -0.4 is 10.5 Å². The molecule has 0 saturated carbocycles. The molecule has 0 atom stereocenters. The smallest absolute Gasteiger partial charge is 0.420 e. The number of nitrogens with zero attached hydrogens (tertiary/aromatic N) is 1. The van der Waals surface area contributed by atoms with Gasteiger partial charge in [0.05, 0.1) is 23.2 Å². The maximum Gasteiger partial charge on any atom is 0.420 e. The van der Waals surface area contributed by atoms with E-state index >= 15 is 0 Å². The lowest BCUT2D eigenvalue weighted by Crippen LogP contribution is -2.20. The second-order valence-corrected chi connectivity index (χ2v) is 7.07. The number of carbonyl (C=O) groups is 1. The monoisotopic (exact) mass is 398 g/mol. The first-order valence-electron chi connectivity index (χ1n) is 7.39. The first-order valence-corrected chi connectivity index (χ1v) is 8.87. The van der Waals surface area contributed by atoms with Gasteiger partial charge in [0.15, 0.2) is 5.58 Å². The number of halogens is 2. The van der Waals surface area contributed by atoms with Crippen molar-refractivity contribution < 1.29 is 31.1 Å². The van der Waals surface area contributed by atoms with Gasteiger partial charge in [0.1, 0.15) is 18.2 Å². The van der Waals surface area contributed by atoms with Crippen LogP contribution in [0.3, 0.4) is 0 Å². The fourth-order valence-electron chi connectivity index (χ4n) is 2.34. The van der Waals surface area contributed by atoms with E-state index in [1.54, 1.807) is 0 Å². The van der Waals surface area contributed by atoms with Crippen molar-refractivity contribution in [3.63, 3.8) is 0 Å². The lowest BCUT2D eigenvalue weighted by atomic mass is 10.3. The number of sulfonamides is 1. The van der Waals surface area contributed by atoms with Crippen LogP contribution in [-0.2, 0) is 26.1 Å². The second-order valence-electron chi connectivity index (χ2n) is 5.39. The molecule has 142 valence electrons. The summed E-state index contributed by atoms with van der Waals surface area (Å²) in [6.45, 7) is -0.415. The Labute approximate surface area is 151 Å². The Hall–Kier alpha value is -3.21. The number of anilines is 1. The molecular weight excluding hydrogens is 386 g/mol. The number of benzene rings is 2. The molecule has 0 unspecified atom stereocenters. The van der Waals surface area contributed by atoms with Crippen LogP contribution in [0, 0.1) is 11.6 Å². The fourth-order valence-corrected chi connectivity index (χ4v) is 3.41. The second kappa shape index (κ2) is 6.83. The molecule has 0 saturated heterocycles. The average molecular weight is 398 g/mol. The summed E-state index contributed by atoms with van der Waals surface area (Å²) in [5.74, 6) is -3.36. The van der Waals surface area contributed by atoms with E-state index in [0.717, 1.165) is 35.9 Å². The Morgan fingerprint density at radius 1 is 1.22 bits per heavy atom. The van der Waals surface area contributed by atoms with Gasteiger partial charge < -0.3 is 9.15 Å². The molecule has 3 aromatic rings. The zero-order valence-electron chi connectivity index (χ0n) is 13.7. The van der Waals surface area contributed by atoms with Gasteiger partial charge in [-0.1, -0.05) is 0 Å². The zero-order chi connectivity index (χ0) is 19.8. The number of rotatable bonds is 5. The summed E-state index contributed by atoms with van der Waals surface area (Å²) in [5, 5.41) is 0. The molecule has 1 heterocycles. The van der Waals surface area contributed by atoms with Crippen LogP contribution in [0.5, 0.6) is 0 Å². The normalized spacial score (nSPS) is 11.5. The lowest BCUT2D eigenvalue weighted by molar-refractivity contribution is -0.141. The van der Waals surface area contributed by atoms with Crippen LogP contribution in [0.1, 0.15) is 0 Å². The number of carbonyl (C=O) groups excluding carboxylic acids is 1. The van der Waals surface area contributed by atoms with Crippen molar-refractivity contribution >= 4 is 32.8 Å². The van der Waals surface area contributed by atoms with Gasteiger partial charge in [-0.2, -0.15) is 0 Å². The maximum absolute atomic E-state index is 13.7. The maximum atomic E-state index is 13.7. The highest BCUT2D eigenvalue weighted by atomic mass is 32.2. The number of ether oxygens (including phenoxy) is 1. The van der Waals surface area contributed by atoms with Gasteiger partial charge >= 0.3 is 11.7 Å². The summed E-state index contributed by atoms with van der Waals surface area (Å²) in [6.07, 6.45) is 0. The first kappa shape index (κ1) is 18.6. The molecule has 1 aromatic heterocycles. The number of oxazole rings is 1. The van der Waals surface area contributed by atoms with E-state index in [2.05, 4.69) is 4.74 Å². The Morgan fingerprint density at radius 3 is 2.67 bits per heavy atom. The molecule has 0 aliphatic rings. The minimum absolute atomic E-state index is 0.105. The van der Waals surface area contributed by atoms with Crippen LogP contribution in [0.25, 0.3) is 11.1 Å². The van der Waals surface area contributed by atoms with E-state index in [1.165, 1.54) is 6.07 Å². The predicted octanol–water partition coefficient (Wildman–Crippen LogP) is 1.85. The summed E-state index contributed by atoms with van der Waals surface area (Å²) in [4.78, 5) is 22.9. The van der Waals surface area contributed by atoms with E-state index in [9.17, 15) is 26.8 Å². The molecule has 0 fully saturated rings. The van der Waals surface area contributed by atoms with Crippen LogP contribution in [-0.4, -0.2) is 26.1 Å². The molecule has 8 nitrogen and oxygen atoms in total. The zero-order valence-corrected chi connectivity index (χ0v) is 14.5. The minimum Gasteiger partial charge on any atom is -0.468 e. The highest BCUT2D eigenvalue weighted by Crippen LogP contribution is 2.23. The third-order valence-electron chi connectivity index (χ3n) is 3.64. The summed E-state index contributed by atoms with van der Waals surface area (Å²) < 4.78 is 64.1. The van der Waals surface area contributed by atoms with Gasteiger partial charge in [-0.15, -0.1) is 0 Å². The van der Waals surface area contributed by atoms with Gasteiger partial charge in [-0.25, -0.2) is 22.0 Å². The molecule has 3 rings (SSSR count). The summed E-state index contributed by atoms with van der Waals surface area (Å²) in [7, 11) is -3.14. The van der Waals surface area contributed by atoms with E-state index in [4.69, 9.17) is 4.42 Å². The summed E-state index contributed by atoms with van der Waals surface area (Å²) >= 11 is 0. The fraction of sp³-hybridized carbons (Fsp3) is 0.125. The number of hydrogen-bond acceptors (Lipinski definition) is 6. The summed E-state index contributed by atoms with van der Waals surface area (Å²) in [5.41, 5.74) is -0.507. The van der Waals surface area contributed by atoms with E-state index in [0.29, 0.717) is 6.07 Å². The number of fused-ring (bicyclic) bond motifs is 1. The van der Waals surface area contributed by atoms with Crippen molar-refractivity contribution in [3.05, 3.63) is 58.6 Å². The number of methoxy groups -OCH3 is 1. The van der Waals surface area contributed by atoms with Crippen molar-refractivity contribution in [1.82, 2.24) is 4.57 Å². The Kier molecular flexibility index (Phi) is 4.70. The quantitative estimate of drug-likeness (QED) is 0.657. The molecule has 0 bridgehead atoms. The molecule has 27 heavy (non-hydrogen) atoms. The molecule has 11 heteroatoms. The predicted molar refractivity (Wildman–Crippen MR) is 89.7 cm³/mol. The SMILES string of the molecule is COC(=O)Cn1c(=O)oc2cc(S(=O)(=O)Nc3cc(F)ccc3F)ccc21. The van der Waals surface area contributed by atoms with E-state index in [-0.39, 0.29) is 16.0 Å². The van der Waals surface area contributed by atoms with Gasteiger partial charge in [0.2, 0.25) is 0 Å². The molecule has 0 aliphatic carbocycles. The Balaban J connectivity index is 2.00. The van der Waals surface area contributed by atoms with Gasteiger partial charge in [-0.05, 0) is 24.3 Å². The molecule has 2 aromatic carbocycles. The molecule has 1 N–H and O–H groups in total. The highest BCUT2D eigenvalue weighted by molar-refractivity contribution is 7.92. The van der Waals surface area contributed by atoms with Gasteiger partial charge in [0.25, 0.3) is 10.0 Å². The van der Waals surface area contributed by atoms with Crippen molar-refractivity contribution in [2.24, 2.45) is 0 Å². The summed E-state index contributed by atoms with van der Waals surface area (Å²) in [6, 6.07) is 5.73. The van der Waals surface area contributed by atoms with Gasteiger partial charge in [-0.3, -0.25) is 14.1 Å². The molecule has 0 amide bonds. The molecule has 0 spiro atoms. The third kappa shape index (κ3) is 3.67. The largest absolute Gasteiger partial charge is 0.468 e. The molecule has 0 aliphatic heterocycles. The Morgan fingerprint density at radius 2 is 1.96 bits per heavy atom. The van der Waals surface area contributed by atoms with Crippen molar-refractivity contribution in [2.45, 2.75) is 11.4 Å². The number of aromatic nitrogens is 1. The first-order chi connectivity index (χ1) is 12.7.